The molecule has 0 spiro atoms. The Morgan fingerprint density at radius 2 is 2.17 bits per heavy atom. The average Bonchev–Trinajstić information content (AvgIpc) is 2.35. The predicted molar refractivity (Wildman–Crippen MR) is 69.9 cm³/mol. The van der Waals surface area contributed by atoms with Gasteiger partial charge in [0.05, 0.1) is 6.61 Å². The topological polar surface area (TPSA) is 26.7 Å². The van der Waals surface area contributed by atoms with Gasteiger partial charge in [-0.1, -0.05) is 6.07 Å². The maximum absolute atomic E-state index is 13.0. The van der Waals surface area contributed by atoms with Crippen molar-refractivity contribution >= 4 is 0 Å². The lowest BCUT2D eigenvalue weighted by molar-refractivity contribution is 0.0539. The molecule has 2 rings (SSSR count). The molecule has 1 fully saturated rings. The zero-order valence-electron chi connectivity index (χ0n) is 11.1. The molecular weight excluding hydrogens is 231 g/mol. The van der Waals surface area contributed by atoms with E-state index in [2.05, 4.69) is 9.80 Å². The van der Waals surface area contributed by atoms with E-state index in [9.17, 15) is 9.50 Å². The fourth-order valence-corrected chi connectivity index (χ4v) is 2.43. The first-order valence-electron chi connectivity index (χ1n) is 6.38. The largest absolute Gasteiger partial charge is 0.395 e. The van der Waals surface area contributed by atoms with Crippen molar-refractivity contribution in [2.45, 2.75) is 19.5 Å². The van der Waals surface area contributed by atoms with Gasteiger partial charge in [0.1, 0.15) is 5.82 Å². The number of benzene rings is 1. The Labute approximate surface area is 108 Å². The molecule has 0 aliphatic carbocycles. The van der Waals surface area contributed by atoms with E-state index in [0.717, 1.165) is 37.3 Å². The van der Waals surface area contributed by atoms with Crippen LogP contribution in [0.25, 0.3) is 0 Å². The molecule has 1 aromatic rings. The molecule has 4 heteroatoms. The Kier molecular flexibility index (Phi) is 4.32. The molecule has 1 saturated heterocycles. The van der Waals surface area contributed by atoms with Crippen LogP contribution in [-0.4, -0.2) is 54.2 Å². The van der Waals surface area contributed by atoms with Gasteiger partial charge in [-0.2, -0.15) is 0 Å². The first-order valence-corrected chi connectivity index (χ1v) is 6.38. The number of hydrogen-bond donors (Lipinski definition) is 1. The normalized spacial score (nSPS) is 22.3. The van der Waals surface area contributed by atoms with Gasteiger partial charge in [-0.25, -0.2) is 4.39 Å². The summed E-state index contributed by atoms with van der Waals surface area (Å²) in [5.74, 6) is -0.178. The van der Waals surface area contributed by atoms with Crippen LogP contribution >= 0.6 is 0 Å². The molecule has 0 radical (unpaired) electrons. The Hall–Kier alpha value is -0.970. The van der Waals surface area contributed by atoms with Crippen LogP contribution in [0, 0.1) is 12.7 Å². The molecule has 1 aliphatic heterocycles. The summed E-state index contributed by atoms with van der Waals surface area (Å²) in [5, 5.41) is 9.32. The molecule has 1 aromatic carbocycles. The van der Waals surface area contributed by atoms with Gasteiger partial charge in [0.25, 0.3) is 0 Å². The molecule has 1 atom stereocenters. The zero-order valence-corrected chi connectivity index (χ0v) is 11.1. The minimum absolute atomic E-state index is 0.178. The molecule has 1 unspecified atom stereocenters. The van der Waals surface area contributed by atoms with Gasteiger partial charge < -0.3 is 5.11 Å². The smallest absolute Gasteiger partial charge is 0.123 e. The highest BCUT2D eigenvalue weighted by Crippen LogP contribution is 2.15. The van der Waals surface area contributed by atoms with Crippen LogP contribution in [0.15, 0.2) is 18.2 Å². The fourth-order valence-electron chi connectivity index (χ4n) is 2.43. The molecular formula is C14H21FN2O. The number of aliphatic hydroxyl groups is 1. The lowest BCUT2D eigenvalue weighted by Gasteiger charge is -2.38. The predicted octanol–water partition coefficient (Wildman–Crippen LogP) is 1.24. The Morgan fingerprint density at radius 3 is 2.83 bits per heavy atom. The quantitative estimate of drug-likeness (QED) is 0.877. The van der Waals surface area contributed by atoms with Crippen molar-refractivity contribution in [3.05, 3.63) is 35.1 Å². The maximum Gasteiger partial charge on any atom is 0.123 e. The summed E-state index contributed by atoms with van der Waals surface area (Å²) in [4.78, 5) is 4.51. The molecule has 1 N–H and O–H groups in total. The van der Waals surface area contributed by atoms with Crippen LogP contribution in [0.1, 0.15) is 11.1 Å². The van der Waals surface area contributed by atoms with Gasteiger partial charge in [-0.05, 0) is 37.2 Å². The average molecular weight is 252 g/mol. The van der Waals surface area contributed by atoms with Crippen LogP contribution in [0.5, 0.6) is 0 Å². The van der Waals surface area contributed by atoms with Gasteiger partial charge in [-0.3, -0.25) is 9.80 Å². The van der Waals surface area contributed by atoms with E-state index in [1.807, 2.05) is 20.0 Å². The molecule has 3 nitrogen and oxygen atoms in total. The summed E-state index contributed by atoms with van der Waals surface area (Å²) in [6, 6.07) is 5.16. The third kappa shape index (κ3) is 3.07. The van der Waals surface area contributed by atoms with Gasteiger partial charge in [0.2, 0.25) is 0 Å². The fraction of sp³-hybridized carbons (Fsp3) is 0.571. The summed E-state index contributed by atoms with van der Waals surface area (Å²) in [7, 11) is 2.04. The molecule has 18 heavy (non-hydrogen) atoms. The standard InChI is InChI=1S/C14H21FN2O/c1-11-7-13(15)4-3-12(11)8-17-6-5-16(2)14(9-17)10-18/h3-4,7,14,18H,5-6,8-10H2,1-2H3. The van der Waals surface area contributed by atoms with Crippen LogP contribution in [0.3, 0.4) is 0 Å². The van der Waals surface area contributed by atoms with E-state index < -0.39 is 0 Å². The number of halogens is 1. The second-order valence-corrected chi connectivity index (χ2v) is 5.12. The second kappa shape index (κ2) is 5.78. The highest BCUT2D eigenvalue weighted by molar-refractivity contribution is 5.26. The summed E-state index contributed by atoms with van der Waals surface area (Å²) in [6.07, 6.45) is 0. The number of hydrogen-bond acceptors (Lipinski definition) is 3. The number of aryl methyl sites for hydroxylation is 1. The minimum atomic E-state index is -0.178. The van der Waals surface area contributed by atoms with Crippen molar-refractivity contribution in [1.82, 2.24) is 9.80 Å². The van der Waals surface area contributed by atoms with Gasteiger partial charge in [-0.15, -0.1) is 0 Å². The van der Waals surface area contributed by atoms with Crippen LogP contribution in [0.2, 0.25) is 0 Å². The van der Waals surface area contributed by atoms with Crippen LogP contribution in [0.4, 0.5) is 4.39 Å². The Bertz CT molecular complexity index is 411. The van der Waals surface area contributed by atoms with Crippen molar-refractivity contribution in [2.24, 2.45) is 0 Å². The van der Waals surface area contributed by atoms with Crippen molar-refractivity contribution in [1.29, 1.82) is 0 Å². The van der Waals surface area contributed by atoms with Crippen molar-refractivity contribution in [3.8, 4) is 0 Å². The lowest BCUT2D eigenvalue weighted by atomic mass is 10.1. The summed E-state index contributed by atoms with van der Waals surface area (Å²) >= 11 is 0. The highest BCUT2D eigenvalue weighted by Gasteiger charge is 2.23. The zero-order chi connectivity index (χ0) is 13.1. The van der Waals surface area contributed by atoms with Crippen molar-refractivity contribution < 1.29 is 9.50 Å². The third-order valence-electron chi connectivity index (χ3n) is 3.77. The van der Waals surface area contributed by atoms with E-state index in [0.29, 0.717) is 0 Å². The second-order valence-electron chi connectivity index (χ2n) is 5.12. The highest BCUT2D eigenvalue weighted by atomic mass is 19.1. The first-order chi connectivity index (χ1) is 8.60. The Balaban J connectivity index is 2.01. The SMILES string of the molecule is Cc1cc(F)ccc1CN1CCN(C)C(CO)C1. The lowest BCUT2D eigenvalue weighted by Crippen LogP contribution is -2.52. The first kappa shape index (κ1) is 13.5. The van der Waals surface area contributed by atoms with E-state index in [1.54, 1.807) is 6.07 Å². The molecule has 0 saturated carbocycles. The van der Waals surface area contributed by atoms with E-state index in [1.165, 1.54) is 6.07 Å². The van der Waals surface area contributed by atoms with Gasteiger partial charge in [0.15, 0.2) is 0 Å². The number of piperazine rings is 1. The van der Waals surface area contributed by atoms with Crippen molar-refractivity contribution in [2.75, 3.05) is 33.3 Å². The molecule has 100 valence electrons. The van der Waals surface area contributed by atoms with Crippen LogP contribution in [-0.2, 0) is 6.54 Å². The van der Waals surface area contributed by atoms with Crippen molar-refractivity contribution in [3.63, 3.8) is 0 Å². The van der Waals surface area contributed by atoms with E-state index in [-0.39, 0.29) is 18.5 Å². The monoisotopic (exact) mass is 252 g/mol. The number of rotatable bonds is 3. The molecule has 1 aliphatic rings. The van der Waals surface area contributed by atoms with E-state index in [4.69, 9.17) is 0 Å². The summed E-state index contributed by atoms with van der Waals surface area (Å²) < 4.78 is 13.0. The number of aliphatic hydroxyl groups excluding tert-OH is 1. The molecule has 0 bridgehead atoms. The maximum atomic E-state index is 13.0. The molecule has 0 aromatic heterocycles. The van der Waals surface area contributed by atoms with Gasteiger partial charge in [0, 0.05) is 32.2 Å². The summed E-state index contributed by atoms with van der Waals surface area (Å²) in [6.45, 7) is 5.78. The van der Waals surface area contributed by atoms with E-state index >= 15 is 0 Å². The summed E-state index contributed by atoms with van der Waals surface area (Å²) in [5.41, 5.74) is 2.16. The minimum Gasteiger partial charge on any atom is -0.395 e. The molecule has 0 amide bonds. The third-order valence-corrected chi connectivity index (χ3v) is 3.77. The van der Waals surface area contributed by atoms with Crippen LogP contribution < -0.4 is 0 Å². The number of likely N-dealkylation sites (N-methyl/N-ethyl adjacent to an activating group) is 1. The molecule has 1 heterocycles. The van der Waals surface area contributed by atoms with Gasteiger partial charge >= 0.3 is 0 Å². The Morgan fingerprint density at radius 1 is 1.39 bits per heavy atom. The number of nitrogens with zero attached hydrogens (tertiary/aromatic N) is 2.